The highest BCUT2D eigenvalue weighted by Gasteiger charge is 2.27. The number of hydrogen-bond acceptors (Lipinski definition) is 3. The summed E-state index contributed by atoms with van der Waals surface area (Å²) in [5.74, 6) is 0.501. The molecule has 0 bridgehead atoms. The minimum Gasteiger partial charge on any atom is -0.467 e. The molecule has 0 fully saturated rings. The number of carbonyl (C=O) groups excluding carboxylic acids is 1. The number of furan rings is 1. The fourth-order valence-electron chi connectivity index (χ4n) is 2.36. The predicted octanol–water partition coefficient (Wildman–Crippen LogP) is 3.10. The van der Waals surface area contributed by atoms with Gasteiger partial charge in [0, 0.05) is 5.54 Å². The van der Waals surface area contributed by atoms with E-state index in [1.54, 1.807) is 6.07 Å². The van der Waals surface area contributed by atoms with Crippen molar-refractivity contribution < 1.29 is 9.21 Å². The number of carbonyl (C=O) groups is 1. The Morgan fingerprint density at radius 1 is 1.32 bits per heavy atom. The molecule has 0 saturated carbocycles. The van der Waals surface area contributed by atoms with Gasteiger partial charge in [0.15, 0.2) is 0 Å². The maximum Gasteiger partial charge on any atom is 0.254 e. The van der Waals surface area contributed by atoms with Gasteiger partial charge in [-0.2, -0.15) is 0 Å². The van der Waals surface area contributed by atoms with Crippen molar-refractivity contribution in [1.82, 2.24) is 5.32 Å². The van der Waals surface area contributed by atoms with Gasteiger partial charge in [-0.25, -0.2) is 0 Å². The zero-order valence-corrected chi connectivity index (χ0v) is 13.2. The van der Waals surface area contributed by atoms with E-state index in [4.69, 9.17) is 10.2 Å². The lowest BCUT2D eigenvalue weighted by Crippen LogP contribution is -2.45. The molecule has 1 heterocycles. The average Bonchev–Trinajstić information content (AvgIpc) is 2.60. The SMILES string of the molecule is CC(C)(C)CC(C)(C)NC(=O)c1coc(CN)c1.Cl. The summed E-state index contributed by atoms with van der Waals surface area (Å²) in [4.78, 5) is 12.1. The zero-order valence-electron chi connectivity index (χ0n) is 12.4. The fourth-order valence-corrected chi connectivity index (χ4v) is 2.36. The summed E-state index contributed by atoms with van der Waals surface area (Å²) < 4.78 is 5.16. The standard InChI is InChI=1S/C14H24N2O2.ClH/c1-13(2,3)9-14(4,5)16-12(17)10-6-11(7-15)18-8-10;/h6,8H,7,9,15H2,1-5H3,(H,16,17);1H. The Bertz CT molecular complexity index is 419. The van der Waals surface area contributed by atoms with E-state index in [2.05, 4.69) is 26.1 Å². The summed E-state index contributed by atoms with van der Waals surface area (Å²) in [5.41, 5.74) is 5.88. The summed E-state index contributed by atoms with van der Waals surface area (Å²) in [5, 5.41) is 3.03. The molecular weight excluding hydrogens is 264 g/mol. The molecule has 19 heavy (non-hydrogen) atoms. The van der Waals surface area contributed by atoms with E-state index in [0.717, 1.165) is 6.42 Å². The van der Waals surface area contributed by atoms with Crippen LogP contribution in [0.4, 0.5) is 0 Å². The van der Waals surface area contributed by atoms with Crippen molar-refractivity contribution in [3.05, 3.63) is 23.7 Å². The fraction of sp³-hybridized carbons (Fsp3) is 0.643. The van der Waals surface area contributed by atoms with Gasteiger partial charge in [0.2, 0.25) is 0 Å². The summed E-state index contributed by atoms with van der Waals surface area (Å²) in [6.45, 7) is 10.8. The Labute approximate surface area is 121 Å². The monoisotopic (exact) mass is 288 g/mol. The minimum absolute atomic E-state index is 0. The van der Waals surface area contributed by atoms with E-state index in [9.17, 15) is 4.79 Å². The van der Waals surface area contributed by atoms with Gasteiger partial charge in [0.1, 0.15) is 12.0 Å². The van der Waals surface area contributed by atoms with Crippen LogP contribution < -0.4 is 11.1 Å². The second kappa shape index (κ2) is 6.44. The molecule has 1 aromatic heterocycles. The van der Waals surface area contributed by atoms with Crippen LogP contribution in [-0.4, -0.2) is 11.4 Å². The van der Waals surface area contributed by atoms with E-state index in [1.165, 1.54) is 6.26 Å². The average molecular weight is 289 g/mol. The van der Waals surface area contributed by atoms with E-state index in [0.29, 0.717) is 17.9 Å². The molecule has 1 aromatic rings. The molecule has 1 amide bonds. The number of rotatable bonds is 4. The lowest BCUT2D eigenvalue weighted by Gasteiger charge is -2.33. The molecule has 0 atom stereocenters. The van der Waals surface area contributed by atoms with Gasteiger partial charge < -0.3 is 15.5 Å². The highest BCUT2D eigenvalue weighted by Crippen LogP contribution is 2.27. The van der Waals surface area contributed by atoms with Crippen molar-refractivity contribution in [3.63, 3.8) is 0 Å². The lowest BCUT2D eigenvalue weighted by molar-refractivity contribution is 0.0891. The number of halogens is 1. The molecule has 4 nitrogen and oxygen atoms in total. The van der Waals surface area contributed by atoms with Gasteiger partial charge >= 0.3 is 0 Å². The quantitative estimate of drug-likeness (QED) is 0.894. The van der Waals surface area contributed by atoms with Crippen LogP contribution in [0.25, 0.3) is 0 Å². The van der Waals surface area contributed by atoms with E-state index in [-0.39, 0.29) is 29.3 Å². The van der Waals surface area contributed by atoms with Gasteiger partial charge in [0.05, 0.1) is 12.1 Å². The smallest absolute Gasteiger partial charge is 0.254 e. The Morgan fingerprint density at radius 2 is 1.89 bits per heavy atom. The summed E-state index contributed by atoms with van der Waals surface area (Å²) in [6, 6.07) is 1.68. The van der Waals surface area contributed by atoms with E-state index in [1.807, 2.05) is 13.8 Å². The van der Waals surface area contributed by atoms with E-state index >= 15 is 0 Å². The second-order valence-corrected chi connectivity index (χ2v) is 6.58. The third kappa shape index (κ3) is 6.12. The molecule has 0 aliphatic heterocycles. The van der Waals surface area contributed by atoms with Gasteiger partial charge in [-0.1, -0.05) is 20.8 Å². The molecular formula is C14H25ClN2O2. The largest absolute Gasteiger partial charge is 0.467 e. The van der Waals surface area contributed by atoms with Crippen molar-refractivity contribution in [1.29, 1.82) is 0 Å². The van der Waals surface area contributed by atoms with Crippen molar-refractivity contribution in [2.45, 2.75) is 53.1 Å². The first-order valence-corrected chi connectivity index (χ1v) is 6.23. The van der Waals surface area contributed by atoms with Crippen LogP contribution in [-0.2, 0) is 6.54 Å². The Balaban J connectivity index is 0.00000324. The third-order valence-electron chi connectivity index (χ3n) is 2.54. The normalized spacial score (nSPS) is 11.9. The predicted molar refractivity (Wildman–Crippen MR) is 79.5 cm³/mol. The van der Waals surface area contributed by atoms with E-state index < -0.39 is 0 Å². The first-order chi connectivity index (χ1) is 8.13. The van der Waals surface area contributed by atoms with Gasteiger partial charge in [-0.05, 0) is 31.7 Å². The minimum atomic E-state index is -0.254. The summed E-state index contributed by atoms with van der Waals surface area (Å²) >= 11 is 0. The molecule has 0 spiro atoms. The molecule has 0 saturated heterocycles. The van der Waals surface area contributed by atoms with Crippen LogP contribution in [0.2, 0.25) is 0 Å². The highest BCUT2D eigenvalue weighted by atomic mass is 35.5. The van der Waals surface area contributed by atoms with Crippen LogP contribution in [0.5, 0.6) is 0 Å². The molecule has 0 radical (unpaired) electrons. The number of hydrogen-bond donors (Lipinski definition) is 2. The second-order valence-electron chi connectivity index (χ2n) is 6.58. The first kappa shape index (κ1) is 18.0. The van der Waals surface area contributed by atoms with Gasteiger partial charge in [-0.15, -0.1) is 12.4 Å². The molecule has 3 N–H and O–H groups in total. The molecule has 5 heteroatoms. The highest BCUT2D eigenvalue weighted by molar-refractivity contribution is 5.94. The van der Waals surface area contributed by atoms with Crippen molar-refractivity contribution in [3.8, 4) is 0 Å². The molecule has 0 aromatic carbocycles. The molecule has 110 valence electrons. The molecule has 0 aliphatic carbocycles. The Hall–Kier alpha value is -1.00. The number of nitrogens with two attached hydrogens (primary N) is 1. The van der Waals surface area contributed by atoms with Crippen molar-refractivity contribution in [2.75, 3.05) is 0 Å². The maximum atomic E-state index is 12.1. The summed E-state index contributed by atoms with van der Waals surface area (Å²) in [6.07, 6.45) is 2.35. The van der Waals surface area contributed by atoms with Crippen molar-refractivity contribution >= 4 is 18.3 Å². The van der Waals surface area contributed by atoms with Gasteiger partial charge in [0.25, 0.3) is 5.91 Å². The Kier molecular flexibility index (Phi) is 6.10. The molecule has 0 aliphatic rings. The van der Waals surface area contributed by atoms with Crippen LogP contribution >= 0.6 is 12.4 Å². The summed E-state index contributed by atoms with van der Waals surface area (Å²) in [7, 11) is 0. The topological polar surface area (TPSA) is 68.3 Å². The number of amides is 1. The number of nitrogens with one attached hydrogen (secondary N) is 1. The Morgan fingerprint density at radius 3 is 2.32 bits per heavy atom. The van der Waals surface area contributed by atoms with Crippen LogP contribution in [0.1, 0.15) is 57.2 Å². The van der Waals surface area contributed by atoms with Gasteiger partial charge in [-0.3, -0.25) is 4.79 Å². The van der Waals surface area contributed by atoms with Crippen LogP contribution in [0.3, 0.4) is 0 Å². The third-order valence-corrected chi connectivity index (χ3v) is 2.54. The lowest BCUT2D eigenvalue weighted by atomic mass is 9.81. The first-order valence-electron chi connectivity index (χ1n) is 6.23. The molecule has 0 unspecified atom stereocenters. The molecule has 1 rings (SSSR count). The van der Waals surface area contributed by atoms with Crippen LogP contribution in [0.15, 0.2) is 16.7 Å². The van der Waals surface area contributed by atoms with Crippen LogP contribution in [0, 0.1) is 5.41 Å². The van der Waals surface area contributed by atoms with Crippen molar-refractivity contribution in [2.24, 2.45) is 11.1 Å². The maximum absolute atomic E-state index is 12.1. The zero-order chi connectivity index (χ0) is 14.0.